The van der Waals surface area contributed by atoms with E-state index in [1.165, 1.54) is 11.1 Å². The second-order valence-corrected chi connectivity index (χ2v) is 4.65. The molecule has 2 aromatic rings. The summed E-state index contributed by atoms with van der Waals surface area (Å²) in [7, 11) is 0. The minimum Gasteiger partial charge on any atom is -0.457 e. The van der Waals surface area contributed by atoms with E-state index in [1.54, 1.807) is 0 Å². The lowest BCUT2D eigenvalue weighted by Crippen LogP contribution is -1.89. The highest BCUT2D eigenvalue weighted by Gasteiger charge is 2.02. The van der Waals surface area contributed by atoms with Gasteiger partial charge in [-0.2, -0.15) is 0 Å². The normalized spacial score (nSPS) is 10.6. The fourth-order valence-corrected chi connectivity index (χ4v) is 1.75. The minimum atomic E-state index is 0.524. The van der Waals surface area contributed by atoms with Crippen LogP contribution in [0, 0.1) is 6.92 Å². The van der Waals surface area contributed by atoms with Crippen LogP contribution in [-0.4, -0.2) is 0 Å². The van der Waals surface area contributed by atoms with Crippen molar-refractivity contribution >= 4 is 0 Å². The predicted octanol–water partition coefficient (Wildman–Crippen LogP) is 4.91. The zero-order chi connectivity index (χ0) is 12.3. The Morgan fingerprint density at radius 3 is 2.18 bits per heavy atom. The topological polar surface area (TPSA) is 9.23 Å². The van der Waals surface area contributed by atoms with E-state index in [1.807, 2.05) is 30.3 Å². The molecule has 0 bridgehead atoms. The summed E-state index contributed by atoms with van der Waals surface area (Å²) in [5.74, 6) is 2.32. The Hall–Kier alpha value is -1.76. The van der Waals surface area contributed by atoms with Crippen LogP contribution in [0.4, 0.5) is 0 Å². The van der Waals surface area contributed by atoms with Crippen molar-refractivity contribution in [1.82, 2.24) is 0 Å². The van der Waals surface area contributed by atoms with Gasteiger partial charge in [-0.05, 0) is 48.2 Å². The van der Waals surface area contributed by atoms with E-state index in [-0.39, 0.29) is 0 Å². The summed E-state index contributed by atoms with van der Waals surface area (Å²) >= 11 is 0. The average molecular weight is 226 g/mol. The van der Waals surface area contributed by atoms with Crippen LogP contribution in [-0.2, 0) is 0 Å². The van der Waals surface area contributed by atoms with Gasteiger partial charge in [-0.15, -0.1) is 0 Å². The van der Waals surface area contributed by atoms with Crippen molar-refractivity contribution in [3.8, 4) is 11.5 Å². The second-order valence-electron chi connectivity index (χ2n) is 4.65. The maximum atomic E-state index is 5.85. The molecule has 0 spiro atoms. The molecule has 0 aliphatic carbocycles. The SMILES string of the molecule is Cc1cccc(Oc2cccc(C(C)C)c2)c1. The molecule has 0 amide bonds. The van der Waals surface area contributed by atoms with E-state index >= 15 is 0 Å². The zero-order valence-electron chi connectivity index (χ0n) is 10.6. The lowest BCUT2D eigenvalue weighted by atomic mass is 10.0. The molecule has 88 valence electrons. The van der Waals surface area contributed by atoms with Gasteiger partial charge in [-0.25, -0.2) is 0 Å². The molecule has 0 N–H and O–H groups in total. The van der Waals surface area contributed by atoms with Crippen LogP contribution in [0.1, 0.15) is 30.9 Å². The molecule has 0 radical (unpaired) electrons. The number of hydrogen-bond acceptors (Lipinski definition) is 1. The van der Waals surface area contributed by atoms with Gasteiger partial charge in [0.1, 0.15) is 11.5 Å². The van der Waals surface area contributed by atoms with Gasteiger partial charge < -0.3 is 4.74 Å². The third kappa shape index (κ3) is 3.10. The molecule has 0 fully saturated rings. The molecule has 1 heteroatoms. The molecule has 2 rings (SSSR count). The molecular formula is C16H18O. The zero-order valence-corrected chi connectivity index (χ0v) is 10.6. The summed E-state index contributed by atoms with van der Waals surface area (Å²) in [6.45, 7) is 6.44. The van der Waals surface area contributed by atoms with Crippen LogP contribution in [0.5, 0.6) is 11.5 Å². The molecule has 1 nitrogen and oxygen atoms in total. The van der Waals surface area contributed by atoms with Gasteiger partial charge in [-0.1, -0.05) is 38.1 Å². The Morgan fingerprint density at radius 2 is 1.53 bits per heavy atom. The summed E-state index contributed by atoms with van der Waals surface area (Å²) in [4.78, 5) is 0. The van der Waals surface area contributed by atoms with Gasteiger partial charge >= 0.3 is 0 Å². The minimum absolute atomic E-state index is 0.524. The molecule has 0 aliphatic heterocycles. The van der Waals surface area contributed by atoms with Crippen LogP contribution in [0.2, 0.25) is 0 Å². The van der Waals surface area contributed by atoms with E-state index < -0.39 is 0 Å². The first kappa shape index (κ1) is 11.7. The molecule has 0 saturated heterocycles. The molecular weight excluding hydrogens is 208 g/mol. The van der Waals surface area contributed by atoms with Gasteiger partial charge in [0.15, 0.2) is 0 Å². The molecule has 17 heavy (non-hydrogen) atoms. The summed E-state index contributed by atoms with van der Waals surface area (Å²) < 4.78 is 5.85. The summed E-state index contributed by atoms with van der Waals surface area (Å²) in [5, 5.41) is 0. The highest BCUT2D eigenvalue weighted by molar-refractivity contribution is 5.36. The lowest BCUT2D eigenvalue weighted by Gasteiger charge is -2.10. The highest BCUT2D eigenvalue weighted by atomic mass is 16.5. The average Bonchev–Trinajstić information content (AvgIpc) is 2.29. The quantitative estimate of drug-likeness (QED) is 0.722. The van der Waals surface area contributed by atoms with Gasteiger partial charge in [0, 0.05) is 0 Å². The van der Waals surface area contributed by atoms with Crippen molar-refractivity contribution in [3.63, 3.8) is 0 Å². The molecule has 0 unspecified atom stereocenters. The Labute approximate surface area is 103 Å². The number of rotatable bonds is 3. The standard InChI is InChI=1S/C16H18O/c1-12(2)14-7-5-9-16(11-14)17-15-8-4-6-13(3)10-15/h4-12H,1-3H3. The van der Waals surface area contributed by atoms with Crippen LogP contribution < -0.4 is 4.74 Å². The monoisotopic (exact) mass is 226 g/mol. The van der Waals surface area contributed by atoms with Crippen LogP contribution in [0.3, 0.4) is 0 Å². The Bertz CT molecular complexity index is 500. The van der Waals surface area contributed by atoms with Crippen LogP contribution in [0.15, 0.2) is 48.5 Å². The highest BCUT2D eigenvalue weighted by Crippen LogP contribution is 2.25. The Balaban J connectivity index is 2.21. The second kappa shape index (κ2) is 5.05. The largest absolute Gasteiger partial charge is 0.457 e. The van der Waals surface area contributed by atoms with Crippen molar-refractivity contribution in [3.05, 3.63) is 59.7 Å². The van der Waals surface area contributed by atoms with Gasteiger partial charge in [0.2, 0.25) is 0 Å². The van der Waals surface area contributed by atoms with Gasteiger partial charge in [0.25, 0.3) is 0 Å². The number of aryl methyl sites for hydroxylation is 1. The van der Waals surface area contributed by atoms with Crippen LogP contribution in [0.25, 0.3) is 0 Å². The Kier molecular flexibility index (Phi) is 3.48. The van der Waals surface area contributed by atoms with Gasteiger partial charge in [0.05, 0.1) is 0 Å². The summed E-state index contributed by atoms with van der Waals surface area (Å²) in [5.41, 5.74) is 2.51. The maximum Gasteiger partial charge on any atom is 0.127 e. The smallest absolute Gasteiger partial charge is 0.127 e. The first-order valence-electron chi connectivity index (χ1n) is 5.99. The molecule has 0 aliphatic rings. The fraction of sp³-hybridized carbons (Fsp3) is 0.250. The van der Waals surface area contributed by atoms with Crippen molar-refractivity contribution in [2.24, 2.45) is 0 Å². The molecule has 0 heterocycles. The van der Waals surface area contributed by atoms with E-state index in [9.17, 15) is 0 Å². The van der Waals surface area contributed by atoms with E-state index in [0.29, 0.717) is 5.92 Å². The third-order valence-electron chi connectivity index (χ3n) is 2.75. The number of ether oxygens (including phenoxy) is 1. The van der Waals surface area contributed by atoms with E-state index in [0.717, 1.165) is 11.5 Å². The fourth-order valence-electron chi connectivity index (χ4n) is 1.75. The van der Waals surface area contributed by atoms with Crippen LogP contribution >= 0.6 is 0 Å². The first-order valence-corrected chi connectivity index (χ1v) is 5.99. The van der Waals surface area contributed by atoms with E-state index in [2.05, 4.69) is 39.0 Å². The molecule has 0 saturated carbocycles. The number of hydrogen-bond donors (Lipinski definition) is 0. The van der Waals surface area contributed by atoms with Crippen molar-refractivity contribution < 1.29 is 4.74 Å². The van der Waals surface area contributed by atoms with E-state index in [4.69, 9.17) is 4.74 Å². The van der Waals surface area contributed by atoms with Gasteiger partial charge in [-0.3, -0.25) is 0 Å². The molecule has 0 atom stereocenters. The Morgan fingerprint density at radius 1 is 0.882 bits per heavy atom. The maximum absolute atomic E-state index is 5.85. The summed E-state index contributed by atoms with van der Waals surface area (Å²) in [6, 6.07) is 16.4. The first-order chi connectivity index (χ1) is 8.15. The predicted molar refractivity (Wildman–Crippen MR) is 71.8 cm³/mol. The number of benzene rings is 2. The molecule has 0 aromatic heterocycles. The van der Waals surface area contributed by atoms with Crippen molar-refractivity contribution in [1.29, 1.82) is 0 Å². The molecule has 2 aromatic carbocycles. The summed E-state index contributed by atoms with van der Waals surface area (Å²) in [6.07, 6.45) is 0. The lowest BCUT2D eigenvalue weighted by molar-refractivity contribution is 0.481. The van der Waals surface area contributed by atoms with Crippen molar-refractivity contribution in [2.75, 3.05) is 0 Å². The third-order valence-corrected chi connectivity index (χ3v) is 2.75. The van der Waals surface area contributed by atoms with Crippen molar-refractivity contribution in [2.45, 2.75) is 26.7 Å².